The van der Waals surface area contributed by atoms with Crippen LogP contribution in [0.4, 0.5) is 0 Å². The second kappa shape index (κ2) is 7.52. The number of furan rings is 2. The van der Waals surface area contributed by atoms with E-state index in [1.165, 1.54) is 6.08 Å². The Morgan fingerprint density at radius 1 is 0.778 bits per heavy atom. The highest BCUT2D eigenvalue weighted by Gasteiger charge is 2.12. The van der Waals surface area contributed by atoms with Gasteiger partial charge >= 0.3 is 0 Å². The second-order valence-electron chi connectivity index (χ2n) is 5.91. The maximum absolute atomic E-state index is 12.4. The van der Waals surface area contributed by atoms with E-state index in [0.29, 0.717) is 16.5 Å². The predicted molar refractivity (Wildman–Crippen MR) is 107 cm³/mol. The first kappa shape index (κ1) is 17.1. The molecule has 132 valence electrons. The van der Waals surface area contributed by atoms with E-state index in [9.17, 15) is 4.79 Å². The molecule has 0 amide bonds. The lowest BCUT2D eigenvalue weighted by molar-refractivity contribution is 0.102. The fraction of sp³-hybridized carbons (Fsp3) is 0. The normalized spacial score (nSPS) is 11.1. The molecule has 0 spiro atoms. The molecule has 4 heteroatoms. The molecule has 0 N–H and O–H groups in total. The average molecular weight is 375 g/mol. The van der Waals surface area contributed by atoms with Gasteiger partial charge in [-0.05, 0) is 48.6 Å². The molecule has 2 aromatic heterocycles. The average Bonchev–Trinajstić information content (AvgIpc) is 3.37. The molecular formula is C23H15ClO3. The highest BCUT2D eigenvalue weighted by molar-refractivity contribution is 6.33. The number of ketones is 1. The molecule has 0 radical (unpaired) electrons. The molecule has 2 aromatic carbocycles. The van der Waals surface area contributed by atoms with Crippen LogP contribution in [0.2, 0.25) is 5.02 Å². The van der Waals surface area contributed by atoms with E-state index in [4.69, 9.17) is 20.4 Å². The summed E-state index contributed by atoms with van der Waals surface area (Å²) in [5.74, 6) is 1.91. The van der Waals surface area contributed by atoms with Gasteiger partial charge in [0.25, 0.3) is 0 Å². The van der Waals surface area contributed by atoms with E-state index in [-0.39, 0.29) is 11.5 Å². The van der Waals surface area contributed by atoms with Crippen molar-refractivity contribution in [2.75, 3.05) is 0 Å². The number of hydrogen-bond acceptors (Lipinski definition) is 3. The Morgan fingerprint density at radius 2 is 1.52 bits per heavy atom. The van der Waals surface area contributed by atoms with Crippen LogP contribution in [0.3, 0.4) is 0 Å². The van der Waals surface area contributed by atoms with Crippen LogP contribution in [0, 0.1) is 0 Å². The third-order valence-corrected chi connectivity index (χ3v) is 4.40. The van der Waals surface area contributed by atoms with E-state index in [1.807, 2.05) is 60.7 Å². The first-order valence-corrected chi connectivity index (χ1v) is 8.81. The molecule has 27 heavy (non-hydrogen) atoms. The predicted octanol–water partition coefficient (Wildman–Crippen LogP) is 6.76. The molecular weight excluding hydrogens is 360 g/mol. The lowest BCUT2D eigenvalue weighted by Crippen LogP contribution is -1.90. The minimum absolute atomic E-state index is 0.244. The monoisotopic (exact) mass is 374 g/mol. The third kappa shape index (κ3) is 3.78. The summed E-state index contributed by atoms with van der Waals surface area (Å²) in [6.07, 6.45) is 3.06. The lowest BCUT2D eigenvalue weighted by atomic mass is 10.2. The van der Waals surface area contributed by atoms with Gasteiger partial charge < -0.3 is 8.83 Å². The molecule has 3 nitrogen and oxygen atoms in total. The van der Waals surface area contributed by atoms with E-state index in [1.54, 1.807) is 24.3 Å². The van der Waals surface area contributed by atoms with Crippen molar-refractivity contribution in [2.45, 2.75) is 0 Å². The maximum Gasteiger partial charge on any atom is 0.221 e. The van der Waals surface area contributed by atoms with Crippen LogP contribution in [-0.4, -0.2) is 5.78 Å². The fourth-order valence-corrected chi connectivity index (χ4v) is 2.94. The summed E-state index contributed by atoms with van der Waals surface area (Å²) < 4.78 is 11.4. The molecule has 0 atom stereocenters. The zero-order valence-electron chi connectivity index (χ0n) is 14.3. The Hall–Kier alpha value is -3.30. The first-order valence-electron chi connectivity index (χ1n) is 8.43. The van der Waals surface area contributed by atoms with Gasteiger partial charge in [-0.25, -0.2) is 0 Å². The van der Waals surface area contributed by atoms with Crippen molar-refractivity contribution in [3.05, 3.63) is 101 Å². The quantitative estimate of drug-likeness (QED) is 0.286. The number of carbonyl (C=O) groups is 1. The number of halogens is 1. The van der Waals surface area contributed by atoms with E-state index in [2.05, 4.69) is 0 Å². The second-order valence-corrected chi connectivity index (χ2v) is 6.32. The number of hydrogen-bond donors (Lipinski definition) is 0. The molecule has 4 rings (SSSR count). The number of benzene rings is 2. The maximum atomic E-state index is 12.4. The van der Waals surface area contributed by atoms with Crippen LogP contribution in [0.25, 0.3) is 28.7 Å². The summed E-state index contributed by atoms with van der Waals surface area (Å²) in [6.45, 7) is 0. The molecule has 0 aliphatic rings. The van der Waals surface area contributed by atoms with Crippen molar-refractivity contribution >= 4 is 23.5 Å². The molecule has 0 bridgehead atoms. The van der Waals surface area contributed by atoms with Crippen LogP contribution in [0.15, 0.2) is 93.8 Å². The van der Waals surface area contributed by atoms with Crippen molar-refractivity contribution in [3.8, 4) is 22.6 Å². The fourth-order valence-electron chi connectivity index (χ4n) is 2.72. The Bertz CT molecular complexity index is 1100. The van der Waals surface area contributed by atoms with Crippen molar-refractivity contribution in [3.63, 3.8) is 0 Å². The summed E-state index contributed by atoms with van der Waals surface area (Å²) in [5.41, 5.74) is 1.74. The van der Waals surface area contributed by atoms with Gasteiger partial charge in [0.05, 0.1) is 5.02 Å². The highest BCUT2D eigenvalue weighted by Crippen LogP contribution is 2.29. The Balaban J connectivity index is 1.50. The number of allylic oxidation sites excluding steroid dienone is 1. The lowest BCUT2D eigenvalue weighted by Gasteiger charge is -1.99. The van der Waals surface area contributed by atoms with Crippen molar-refractivity contribution in [2.24, 2.45) is 0 Å². The van der Waals surface area contributed by atoms with Gasteiger partial charge in [0.1, 0.15) is 17.3 Å². The van der Waals surface area contributed by atoms with Gasteiger partial charge in [0.15, 0.2) is 5.76 Å². The summed E-state index contributed by atoms with van der Waals surface area (Å²) >= 11 is 6.17. The van der Waals surface area contributed by atoms with Gasteiger partial charge in [0.2, 0.25) is 5.78 Å². The van der Waals surface area contributed by atoms with Gasteiger partial charge in [-0.2, -0.15) is 0 Å². The third-order valence-electron chi connectivity index (χ3n) is 4.07. The summed E-state index contributed by atoms with van der Waals surface area (Å²) in [5, 5.41) is 0.574. The van der Waals surface area contributed by atoms with Gasteiger partial charge in [-0.1, -0.05) is 54.1 Å². The van der Waals surface area contributed by atoms with Crippen LogP contribution in [-0.2, 0) is 0 Å². The standard InChI is InChI=1S/C23H15ClO3/c24-19-9-5-4-8-18(19)22-14-15-23(27-22)20(25)12-10-17-11-13-21(26-17)16-6-2-1-3-7-16/h1-15H. The van der Waals surface area contributed by atoms with Gasteiger partial charge in [-0.3, -0.25) is 4.79 Å². The van der Waals surface area contributed by atoms with Crippen LogP contribution in [0.5, 0.6) is 0 Å². The molecule has 0 saturated heterocycles. The minimum atomic E-state index is -0.244. The molecule has 0 saturated carbocycles. The van der Waals surface area contributed by atoms with E-state index in [0.717, 1.165) is 16.9 Å². The Kier molecular flexibility index (Phi) is 4.77. The van der Waals surface area contributed by atoms with Gasteiger partial charge in [-0.15, -0.1) is 0 Å². The first-order chi connectivity index (χ1) is 13.2. The molecule has 0 unspecified atom stereocenters. The Labute approximate surface area is 161 Å². The zero-order chi connectivity index (χ0) is 18.6. The number of rotatable bonds is 5. The summed E-state index contributed by atoms with van der Waals surface area (Å²) in [6, 6.07) is 24.2. The summed E-state index contributed by atoms with van der Waals surface area (Å²) in [4.78, 5) is 12.4. The molecule has 0 aliphatic heterocycles. The van der Waals surface area contributed by atoms with E-state index >= 15 is 0 Å². The van der Waals surface area contributed by atoms with Crippen LogP contribution in [0.1, 0.15) is 16.3 Å². The van der Waals surface area contributed by atoms with Crippen LogP contribution < -0.4 is 0 Å². The van der Waals surface area contributed by atoms with Gasteiger partial charge in [0, 0.05) is 11.1 Å². The Morgan fingerprint density at radius 3 is 2.33 bits per heavy atom. The van der Waals surface area contributed by atoms with Crippen molar-refractivity contribution in [1.29, 1.82) is 0 Å². The number of carbonyl (C=O) groups excluding carboxylic acids is 1. The SMILES string of the molecule is O=C(C=Cc1ccc(-c2ccccc2)o1)c1ccc(-c2ccccc2Cl)o1. The van der Waals surface area contributed by atoms with Crippen LogP contribution >= 0.6 is 11.6 Å². The smallest absolute Gasteiger partial charge is 0.221 e. The largest absolute Gasteiger partial charge is 0.457 e. The van der Waals surface area contributed by atoms with Crippen molar-refractivity contribution in [1.82, 2.24) is 0 Å². The molecule has 0 fully saturated rings. The van der Waals surface area contributed by atoms with E-state index < -0.39 is 0 Å². The minimum Gasteiger partial charge on any atom is -0.457 e. The topological polar surface area (TPSA) is 43.4 Å². The zero-order valence-corrected chi connectivity index (χ0v) is 15.0. The molecule has 2 heterocycles. The van der Waals surface area contributed by atoms with Crippen molar-refractivity contribution < 1.29 is 13.6 Å². The highest BCUT2D eigenvalue weighted by atomic mass is 35.5. The molecule has 0 aliphatic carbocycles. The molecule has 4 aromatic rings. The summed E-state index contributed by atoms with van der Waals surface area (Å²) in [7, 11) is 0.